The molecule has 1 saturated heterocycles. The molecule has 0 radical (unpaired) electrons. The molecule has 1 aromatic carbocycles. The number of piperidine rings is 1. The summed E-state index contributed by atoms with van der Waals surface area (Å²) in [5, 5.41) is 18.3. The molecule has 0 amide bonds. The van der Waals surface area contributed by atoms with Crippen molar-refractivity contribution < 1.29 is 9.84 Å². The van der Waals surface area contributed by atoms with Crippen molar-refractivity contribution >= 4 is 0 Å². The van der Waals surface area contributed by atoms with Crippen molar-refractivity contribution in [2.45, 2.75) is 25.0 Å². The monoisotopic (exact) mass is 275 g/mol. The molecule has 1 aliphatic heterocycles. The van der Waals surface area contributed by atoms with Crippen LogP contribution < -0.4 is 10.5 Å². The van der Waals surface area contributed by atoms with E-state index in [2.05, 4.69) is 11.0 Å². The lowest BCUT2D eigenvalue weighted by Crippen LogP contribution is -2.43. The Morgan fingerprint density at radius 2 is 2.00 bits per heavy atom. The van der Waals surface area contributed by atoms with Gasteiger partial charge in [0.05, 0.1) is 17.7 Å². The fraction of sp³-hybridized carbons (Fsp3) is 0.533. The topological polar surface area (TPSA) is 82.5 Å². The lowest BCUT2D eigenvalue weighted by Gasteiger charge is -2.33. The molecule has 0 saturated carbocycles. The van der Waals surface area contributed by atoms with E-state index < -0.39 is 6.10 Å². The Bertz CT molecular complexity index is 447. The van der Waals surface area contributed by atoms with E-state index in [0.29, 0.717) is 18.7 Å². The molecule has 5 nitrogen and oxygen atoms in total. The van der Waals surface area contributed by atoms with E-state index in [0.717, 1.165) is 31.7 Å². The summed E-state index contributed by atoms with van der Waals surface area (Å²) in [4.78, 5) is 2.22. The Balaban J connectivity index is 1.77. The van der Waals surface area contributed by atoms with Gasteiger partial charge < -0.3 is 20.5 Å². The highest BCUT2D eigenvalue weighted by Crippen LogP contribution is 2.19. The molecule has 1 heterocycles. The Morgan fingerprint density at radius 1 is 1.35 bits per heavy atom. The summed E-state index contributed by atoms with van der Waals surface area (Å²) in [6.45, 7) is 2.78. The molecule has 0 unspecified atom stereocenters. The van der Waals surface area contributed by atoms with Crippen molar-refractivity contribution in [3.63, 3.8) is 0 Å². The predicted octanol–water partition coefficient (Wildman–Crippen LogP) is 0.721. The van der Waals surface area contributed by atoms with E-state index in [1.807, 2.05) is 12.1 Å². The number of β-amino-alcohol motifs (C(OH)–C–C–N with tert-alkyl or cyclic N) is 1. The summed E-state index contributed by atoms with van der Waals surface area (Å²) in [6, 6.07) is 9.30. The molecule has 1 atom stereocenters. The highest BCUT2D eigenvalue weighted by atomic mass is 16.5. The van der Waals surface area contributed by atoms with Crippen LogP contribution in [0, 0.1) is 11.3 Å². The van der Waals surface area contributed by atoms with E-state index in [1.165, 1.54) is 0 Å². The maximum Gasteiger partial charge on any atom is 0.119 e. The molecular weight excluding hydrogens is 254 g/mol. The highest BCUT2D eigenvalue weighted by Gasteiger charge is 2.21. The minimum atomic E-state index is -0.439. The quantitative estimate of drug-likeness (QED) is 0.827. The van der Waals surface area contributed by atoms with Gasteiger partial charge in [0.15, 0.2) is 0 Å². The standard InChI is InChI=1S/C15H21N3O2/c16-9-12-1-3-14(4-2-12)20-15-5-7-18(8-6-15)11-13(19)10-17/h1-4,13,15,19H,5-8,10-11,17H2/t13-/m1/s1. The van der Waals surface area contributed by atoms with Gasteiger partial charge in [-0.05, 0) is 37.1 Å². The number of nitrogens with zero attached hydrogens (tertiary/aromatic N) is 2. The summed E-state index contributed by atoms with van der Waals surface area (Å²) in [7, 11) is 0. The first-order valence-corrected chi connectivity index (χ1v) is 6.98. The van der Waals surface area contributed by atoms with Gasteiger partial charge in [-0.15, -0.1) is 0 Å². The molecule has 108 valence electrons. The summed E-state index contributed by atoms with van der Waals surface area (Å²) in [5.74, 6) is 0.810. The van der Waals surface area contributed by atoms with Crippen LogP contribution in [0.15, 0.2) is 24.3 Å². The molecular formula is C15H21N3O2. The zero-order valence-corrected chi connectivity index (χ0v) is 11.5. The Hall–Kier alpha value is -1.61. The largest absolute Gasteiger partial charge is 0.490 e. The summed E-state index contributed by atoms with van der Waals surface area (Å²) < 4.78 is 5.91. The predicted molar refractivity (Wildman–Crippen MR) is 76.3 cm³/mol. The number of nitrogens with two attached hydrogens (primary N) is 1. The molecule has 1 fully saturated rings. The lowest BCUT2D eigenvalue weighted by atomic mass is 10.1. The van der Waals surface area contributed by atoms with E-state index in [9.17, 15) is 5.11 Å². The second-order valence-electron chi connectivity index (χ2n) is 5.14. The van der Waals surface area contributed by atoms with Gasteiger partial charge >= 0.3 is 0 Å². The molecule has 0 aliphatic carbocycles. The number of rotatable bonds is 5. The van der Waals surface area contributed by atoms with Crippen molar-refractivity contribution in [3.8, 4) is 11.8 Å². The smallest absolute Gasteiger partial charge is 0.119 e. The molecule has 1 aromatic rings. The second-order valence-corrected chi connectivity index (χ2v) is 5.14. The molecule has 5 heteroatoms. The van der Waals surface area contributed by atoms with Crippen molar-refractivity contribution in [2.24, 2.45) is 5.73 Å². The van der Waals surface area contributed by atoms with Crippen LogP contribution in [0.2, 0.25) is 0 Å². The number of benzene rings is 1. The number of ether oxygens (including phenoxy) is 1. The van der Waals surface area contributed by atoms with E-state index >= 15 is 0 Å². The van der Waals surface area contributed by atoms with E-state index in [1.54, 1.807) is 12.1 Å². The van der Waals surface area contributed by atoms with Crippen LogP contribution in [0.25, 0.3) is 0 Å². The average Bonchev–Trinajstić information content (AvgIpc) is 2.50. The summed E-state index contributed by atoms with van der Waals surface area (Å²) in [6.07, 6.45) is 1.65. The molecule has 20 heavy (non-hydrogen) atoms. The first-order chi connectivity index (χ1) is 9.71. The highest BCUT2D eigenvalue weighted by molar-refractivity contribution is 5.34. The third-order valence-corrected chi connectivity index (χ3v) is 3.56. The molecule has 1 aliphatic rings. The van der Waals surface area contributed by atoms with Crippen LogP contribution in [-0.4, -0.2) is 48.4 Å². The average molecular weight is 275 g/mol. The van der Waals surface area contributed by atoms with Crippen LogP contribution in [0.5, 0.6) is 5.75 Å². The van der Waals surface area contributed by atoms with Gasteiger partial charge in [0, 0.05) is 26.2 Å². The Morgan fingerprint density at radius 3 is 2.55 bits per heavy atom. The minimum Gasteiger partial charge on any atom is -0.490 e. The molecule has 3 N–H and O–H groups in total. The Kier molecular flexibility index (Phi) is 5.36. The molecule has 2 rings (SSSR count). The van der Waals surface area contributed by atoms with Gasteiger partial charge in [0.2, 0.25) is 0 Å². The van der Waals surface area contributed by atoms with Crippen molar-refractivity contribution in [1.29, 1.82) is 5.26 Å². The lowest BCUT2D eigenvalue weighted by molar-refractivity contribution is 0.0641. The SMILES string of the molecule is N#Cc1ccc(OC2CCN(C[C@H](O)CN)CC2)cc1. The van der Waals surface area contributed by atoms with Gasteiger partial charge in [0.1, 0.15) is 11.9 Å². The van der Waals surface area contributed by atoms with Gasteiger partial charge in [-0.1, -0.05) is 0 Å². The number of nitriles is 1. The van der Waals surface area contributed by atoms with Crippen LogP contribution >= 0.6 is 0 Å². The third-order valence-electron chi connectivity index (χ3n) is 3.56. The zero-order chi connectivity index (χ0) is 14.4. The normalized spacial score (nSPS) is 18.4. The first-order valence-electron chi connectivity index (χ1n) is 6.98. The number of hydrogen-bond donors (Lipinski definition) is 2. The van der Waals surface area contributed by atoms with Gasteiger partial charge in [0.25, 0.3) is 0 Å². The van der Waals surface area contributed by atoms with Crippen LogP contribution in [0.1, 0.15) is 18.4 Å². The van der Waals surface area contributed by atoms with Crippen LogP contribution in [-0.2, 0) is 0 Å². The zero-order valence-electron chi connectivity index (χ0n) is 11.5. The maximum atomic E-state index is 9.54. The van der Waals surface area contributed by atoms with E-state index in [4.69, 9.17) is 15.7 Å². The second kappa shape index (κ2) is 7.25. The van der Waals surface area contributed by atoms with Crippen LogP contribution in [0.3, 0.4) is 0 Å². The molecule has 0 spiro atoms. The summed E-state index contributed by atoms with van der Waals surface area (Å²) >= 11 is 0. The fourth-order valence-electron chi connectivity index (χ4n) is 2.38. The van der Waals surface area contributed by atoms with Crippen molar-refractivity contribution in [1.82, 2.24) is 4.90 Å². The van der Waals surface area contributed by atoms with Crippen LogP contribution in [0.4, 0.5) is 0 Å². The number of aliphatic hydroxyl groups is 1. The first kappa shape index (κ1) is 14.8. The van der Waals surface area contributed by atoms with Gasteiger partial charge in [-0.2, -0.15) is 5.26 Å². The molecule has 0 aromatic heterocycles. The number of likely N-dealkylation sites (tertiary alicyclic amines) is 1. The van der Waals surface area contributed by atoms with Crippen molar-refractivity contribution in [2.75, 3.05) is 26.2 Å². The third kappa shape index (κ3) is 4.20. The van der Waals surface area contributed by atoms with Crippen molar-refractivity contribution in [3.05, 3.63) is 29.8 Å². The number of hydrogen-bond acceptors (Lipinski definition) is 5. The fourth-order valence-corrected chi connectivity index (χ4v) is 2.38. The Labute approximate surface area is 119 Å². The minimum absolute atomic E-state index is 0.203. The molecule has 0 bridgehead atoms. The van der Waals surface area contributed by atoms with Gasteiger partial charge in [-0.25, -0.2) is 0 Å². The maximum absolute atomic E-state index is 9.54. The van der Waals surface area contributed by atoms with Gasteiger partial charge in [-0.3, -0.25) is 0 Å². The van der Waals surface area contributed by atoms with E-state index in [-0.39, 0.29) is 6.10 Å². The summed E-state index contributed by atoms with van der Waals surface area (Å²) in [5.41, 5.74) is 6.06. The number of aliphatic hydroxyl groups excluding tert-OH is 1.